The van der Waals surface area contributed by atoms with Crippen LogP contribution in [0.2, 0.25) is 0 Å². The van der Waals surface area contributed by atoms with Crippen LogP contribution in [-0.4, -0.2) is 41.3 Å². The Morgan fingerprint density at radius 2 is 1.26 bits per heavy atom. The van der Waals surface area contributed by atoms with Crippen molar-refractivity contribution in [2.24, 2.45) is 0 Å². The van der Waals surface area contributed by atoms with E-state index < -0.39 is 29.9 Å². The van der Waals surface area contributed by atoms with E-state index in [-0.39, 0.29) is 48.5 Å². The van der Waals surface area contributed by atoms with Crippen LogP contribution in [0.4, 0.5) is 0 Å². The second kappa shape index (κ2) is 13.4. The maximum absolute atomic E-state index is 13.1. The van der Waals surface area contributed by atoms with Crippen LogP contribution in [0, 0.1) is 0 Å². The largest absolute Gasteiger partial charge is 1.00 e. The minimum absolute atomic E-state index is 0. The number of amides is 2. The van der Waals surface area contributed by atoms with Gasteiger partial charge >= 0.3 is 35.5 Å². The molecule has 0 saturated carbocycles. The van der Waals surface area contributed by atoms with Gasteiger partial charge in [-0.05, 0) is 29.7 Å². The van der Waals surface area contributed by atoms with Gasteiger partial charge in [0.15, 0.2) is 0 Å². The van der Waals surface area contributed by atoms with Crippen LogP contribution >= 0.6 is 0 Å². The number of rotatable bonds is 10. The van der Waals surface area contributed by atoms with Crippen molar-refractivity contribution in [1.82, 2.24) is 10.6 Å². The average molecular weight is 468 g/mol. The Kier molecular flexibility index (Phi) is 10.7. The number of carbonyl (C=O) groups excluding carboxylic acids is 3. The topological polar surface area (TPSA) is 113 Å². The molecule has 3 aromatic carbocycles. The van der Waals surface area contributed by atoms with Crippen molar-refractivity contribution in [2.75, 3.05) is 0 Å². The first kappa shape index (κ1) is 27.0. The number of benzene rings is 3. The molecule has 0 bridgehead atoms. The van der Waals surface area contributed by atoms with Gasteiger partial charge in [0.05, 0.1) is 17.2 Å². The van der Waals surface area contributed by atoms with Gasteiger partial charge in [0.25, 0.3) is 5.91 Å². The molecule has 0 aliphatic rings. The zero-order valence-electron chi connectivity index (χ0n) is 19.8. The molecule has 8 heteroatoms. The molecule has 0 unspecified atom stereocenters. The number of aromatic carboxylic acids is 1. The molecule has 170 valence electrons. The quantitative estimate of drug-likeness (QED) is 0.281. The van der Waals surface area contributed by atoms with Gasteiger partial charge in [-0.1, -0.05) is 72.8 Å². The van der Waals surface area contributed by atoms with Gasteiger partial charge in [-0.15, -0.1) is 0 Å². The number of carbonyl (C=O) groups is 4. The van der Waals surface area contributed by atoms with E-state index in [0.717, 1.165) is 11.1 Å². The Morgan fingerprint density at radius 1 is 0.765 bits per heavy atom. The predicted octanol–water partition coefficient (Wildman–Crippen LogP) is -0.231. The molecule has 2 atom stereocenters. The van der Waals surface area contributed by atoms with Gasteiger partial charge in [0.1, 0.15) is 12.3 Å². The minimum Gasteiger partial charge on any atom is -1.00 e. The minimum atomic E-state index is -1.24. The second-order valence-electron chi connectivity index (χ2n) is 7.51. The molecule has 2 amide bonds. The second-order valence-corrected chi connectivity index (χ2v) is 7.51. The van der Waals surface area contributed by atoms with Crippen LogP contribution in [0.15, 0.2) is 84.9 Å². The normalized spacial score (nSPS) is 11.9. The number of aldehydes is 1. The van der Waals surface area contributed by atoms with Gasteiger partial charge in [-0.2, -0.15) is 0 Å². The fourth-order valence-corrected chi connectivity index (χ4v) is 3.45. The predicted molar refractivity (Wildman–Crippen MR) is 124 cm³/mol. The molecule has 0 heterocycles. The van der Waals surface area contributed by atoms with E-state index in [2.05, 4.69) is 10.6 Å². The van der Waals surface area contributed by atoms with Crippen molar-refractivity contribution in [3.63, 3.8) is 0 Å². The van der Waals surface area contributed by atoms with Crippen LogP contribution in [0.5, 0.6) is 0 Å². The van der Waals surface area contributed by atoms with E-state index in [1.165, 1.54) is 18.2 Å². The van der Waals surface area contributed by atoms with Crippen molar-refractivity contribution in [3.05, 3.63) is 107 Å². The van der Waals surface area contributed by atoms with Crippen LogP contribution in [-0.2, 0) is 22.4 Å². The zero-order chi connectivity index (χ0) is 23.6. The van der Waals surface area contributed by atoms with E-state index in [9.17, 15) is 24.3 Å². The summed E-state index contributed by atoms with van der Waals surface area (Å²) in [4.78, 5) is 49.1. The monoisotopic (exact) mass is 468 g/mol. The number of nitrogens with one attached hydrogen (secondary N) is 2. The summed E-state index contributed by atoms with van der Waals surface area (Å²) in [6.45, 7) is 0. The Hall–Kier alpha value is -3.26. The van der Waals surface area contributed by atoms with Crippen LogP contribution in [0.3, 0.4) is 0 Å². The number of hydrogen-bond donors (Lipinski definition) is 3. The van der Waals surface area contributed by atoms with Crippen LogP contribution < -0.4 is 40.2 Å². The summed E-state index contributed by atoms with van der Waals surface area (Å²) in [5.41, 5.74) is 1.47. The molecular weight excluding hydrogens is 443 g/mol. The first-order valence-corrected chi connectivity index (χ1v) is 10.4. The maximum Gasteiger partial charge on any atom is 1.00 e. The fraction of sp³-hybridized carbons (Fsp3) is 0.154. The van der Waals surface area contributed by atoms with E-state index in [1.807, 2.05) is 60.7 Å². The molecular formula is C26H25N2NaO5. The zero-order valence-corrected chi connectivity index (χ0v) is 20.8. The van der Waals surface area contributed by atoms with Crippen molar-refractivity contribution in [2.45, 2.75) is 24.9 Å². The Balaban J connectivity index is 0.00000306. The molecule has 0 saturated heterocycles. The van der Waals surface area contributed by atoms with E-state index in [1.54, 1.807) is 6.07 Å². The molecule has 0 radical (unpaired) electrons. The number of carboxylic acid groups (broad SMARTS) is 1. The number of hydrogen-bond acceptors (Lipinski definition) is 4. The molecule has 0 aliphatic carbocycles. The molecule has 3 rings (SSSR count). The van der Waals surface area contributed by atoms with E-state index in [0.29, 0.717) is 12.7 Å². The Labute approximate surface area is 221 Å². The SMILES string of the molecule is O=C[C@H](Cc1ccccc1)NC(=O)[C@H](Cc1ccccc1)NC(=O)c1ccccc1C(=O)O.[H-].[Na+]. The maximum atomic E-state index is 13.1. The number of carboxylic acids is 1. The first-order valence-electron chi connectivity index (χ1n) is 10.4. The molecule has 0 spiro atoms. The average Bonchev–Trinajstić information content (AvgIpc) is 2.84. The Bertz CT molecular complexity index is 1130. The molecule has 0 aliphatic heterocycles. The van der Waals surface area contributed by atoms with Gasteiger partial charge in [0, 0.05) is 6.42 Å². The summed E-state index contributed by atoms with van der Waals surface area (Å²) < 4.78 is 0. The van der Waals surface area contributed by atoms with Crippen LogP contribution in [0.1, 0.15) is 33.3 Å². The van der Waals surface area contributed by atoms with E-state index in [4.69, 9.17) is 0 Å². The summed E-state index contributed by atoms with van der Waals surface area (Å²) in [7, 11) is 0. The van der Waals surface area contributed by atoms with E-state index >= 15 is 0 Å². The first-order chi connectivity index (χ1) is 16.0. The van der Waals surface area contributed by atoms with Gasteiger partial charge in [0.2, 0.25) is 5.91 Å². The summed E-state index contributed by atoms with van der Waals surface area (Å²) in [5.74, 6) is -2.46. The smallest absolute Gasteiger partial charge is 1.00 e. The molecule has 7 nitrogen and oxygen atoms in total. The van der Waals surface area contributed by atoms with Gasteiger partial charge in [-0.3, -0.25) is 9.59 Å². The molecule has 3 N–H and O–H groups in total. The van der Waals surface area contributed by atoms with Crippen molar-refractivity contribution in [1.29, 1.82) is 0 Å². The summed E-state index contributed by atoms with van der Waals surface area (Å²) >= 11 is 0. The molecule has 34 heavy (non-hydrogen) atoms. The van der Waals surface area contributed by atoms with Crippen molar-refractivity contribution < 1.29 is 55.3 Å². The van der Waals surface area contributed by atoms with Crippen molar-refractivity contribution >= 4 is 24.1 Å². The third-order valence-corrected chi connectivity index (χ3v) is 5.10. The summed E-state index contributed by atoms with van der Waals surface area (Å²) in [6.07, 6.45) is 1.14. The third-order valence-electron chi connectivity index (χ3n) is 5.10. The third kappa shape index (κ3) is 7.66. The van der Waals surface area contributed by atoms with Gasteiger partial charge in [-0.25, -0.2) is 4.79 Å². The standard InChI is InChI=1S/C26H24N2O5.Na.H/c29-17-20(15-18-9-3-1-4-10-18)27-25(31)23(16-19-11-5-2-6-12-19)28-24(30)21-13-7-8-14-22(21)26(32)33;;/h1-14,17,20,23H,15-16H2,(H,27,31)(H,28,30)(H,32,33);;/q;+1;-1/t20-,23-;;/m0../s1. The Morgan fingerprint density at radius 3 is 1.79 bits per heavy atom. The molecule has 0 aromatic heterocycles. The molecule has 0 fully saturated rings. The van der Waals surface area contributed by atoms with Crippen LogP contribution in [0.25, 0.3) is 0 Å². The van der Waals surface area contributed by atoms with Crippen molar-refractivity contribution in [3.8, 4) is 0 Å². The summed E-state index contributed by atoms with van der Waals surface area (Å²) in [6, 6.07) is 22.4. The summed E-state index contributed by atoms with van der Waals surface area (Å²) in [5, 5.41) is 14.7. The van der Waals surface area contributed by atoms with Gasteiger partial charge < -0.3 is 22.0 Å². The fourth-order valence-electron chi connectivity index (χ4n) is 3.45. The molecule has 3 aromatic rings.